The monoisotopic (exact) mass is 467 g/mol. The van der Waals surface area contributed by atoms with Crippen LogP contribution in [0.4, 0.5) is 15.5 Å². The second-order valence-electron chi connectivity index (χ2n) is 7.51. The first kappa shape index (κ1) is 22.0. The Bertz CT molecular complexity index is 1240. The summed E-state index contributed by atoms with van der Waals surface area (Å²) in [6, 6.07) is 16.3. The number of thiophene rings is 1. The molecule has 0 fully saturated rings. The predicted octanol–water partition coefficient (Wildman–Crippen LogP) is 5.60. The summed E-state index contributed by atoms with van der Waals surface area (Å²) < 4.78 is 0. The minimum atomic E-state index is -1.30. The van der Waals surface area contributed by atoms with Gasteiger partial charge in [0.2, 0.25) is 6.17 Å². The molecule has 1 aromatic heterocycles. The molecule has 6 nitrogen and oxygen atoms in total. The van der Waals surface area contributed by atoms with Crippen molar-refractivity contribution in [2.75, 3.05) is 16.8 Å². The smallest absolute Gasteiger partial charge is 0.414 e. The second kappa shape index (κ2) is 8.76. The third-order valence-electron chi connectivity index (χ3n) is 5.33. The highest BCUT2D eigenvalue weighted by atomic mass is 35.5. The summed E-state index contributed by atoms with van der Waals surface area (Å²) in [5.41, 5.74) is 3.19. The molecule has 0 aliphatic carbocycles. The van der Waals surface area contributed by atoms with Gasteiger partial charge < -0.3 is 10.0 Å². The lowest BCUT2D eigenvalue weighted by atomic mass is 10.0. The maximum atomic E-state index is 13.6. The molecule has 0 saturated heterocycles. The fourth-order valence-corrected chi connectivity index (χ4v) is 5.00. The van der Waals surface area contributed by atoms with E-state index in [0.29, 0.717) is 22.0 Å². The van der Waals surface area contributed by atoms with Crippen molar-refractivity contribution < 1.29 is 14.7 Å². The van der Waals surface area contributed by atoms with Gasteiger partial charge in [0.05, 0.1) is 11.4 Å². The van der Waals surface area contributed by atoms with Gasteiger partial charge in [0, 0.05) is 28.1 Å². The molecule has 0 saturated carbocycles. The highest BCUT2D eigenvalue weighted by Crippen LogP contribution is 2.38. The normalized spacial score (nSPS) is 15.8. The molecule has 164 valence electrons. The van der Waals surface area contributed by atoms with Crippen LogP contribution in [-0.2, 0) is 11.2 Å². The molecule has 2 heterocycles. The van der Waals surface area contributed by atoms with Crippen LogP contribution in [0.5, 0.6) is 0 Å². The summed E-state index contributed by atoms with van der Waals surface area (Å²) >= 11 is 8.01. The van der Waals surface area contributed by atoms with Crippen LogP contribution in [0, 0.1) is 6.92 Å². The largest absolute Gasteiger partial charge is 0.465 e. The molecular weight excluding hydrogens is 446 g/mol. The van der Waals surface area contributed by atoms with E-state index in [1.807, 2.05) is 44.2 Å². The van der Waals surface area contributed by atoms with Gasteiger partial charge in [0.25, 0.3) is 5.91 Å². The number of carbonyl (C=O) groups excluding carboxylic acids is 1. The minimum Gasteiger partial charge on any atom is -0.465 e. The van der Waals surface area contributed by atoms with Crippen LogP contribution in [0.15, 0.2) is 59.6 Å². The Hall–Kier alpha value is -3.16. The molecule has 1 unspecified atom stereocenters. The molecule has 3 aromatic rings. The molecule has 1 N–H and O–H groups in total. The Balaban J connectivity index is 1.97. The Morgan fingerprint density at radius 3 is 2.59 bits per heavy atom. The van der Waals surface area contributed by atoms with Crippen LogP contribution < -0.4 is 9.80 Å². The van der Waals surface area contributed by atoms with Crippen LogP contribution in [-0.4, -0.2) is 36.0 Å². The number of aliphatic imine (C=N–C) groups is 1. The highest BCUT2D eigenvalue weighted by Gasteiger charge is 2.38. The molecule has 1 atom stereocenters. The van der Waals surface area contributed by atoms with Crippen molar-refractivity contribution in [2.45, 2.75) is 26.4 Å². The number of fused-ring (bicyclic) bond motifs is 1. The summed E-state index contributed by atoms with van der Waals surface area (Å²) in [5.74, 6) is -0.429. The molecule has 8 heteroatoms. The number of carbonyl (C=O) groups is 2. The standard InChI is InChI=1S/C24H22ClN3O3S/c1-4-16-13-18-20(17-10-5-6-11-19(17)25)26-21(22(29)27(3)23(18)32-16)28(24(30)31)15-9-7-8-14(2)12-15/h5-13,21H,4H2,1-3H3,(H,30,31). The van der Waals surface area contributed by atoms with Gasteiger partial charge in [-0.2, -0.15) is 0 Å². The fraction of sp³-hybridized carbons (Fsp3) is 0.208. The zero-order valence-corrected chi connectivity index (χ0v) is 19.4. The van der Waals surface area contributed by atoms with Crippen molar-refractivity contribution in [3.05, 3.63) is 81.2 Å². The molecular formula is C24H22ClN3O3S. The number of benzene rings is 2. The molecule has 2 aromatic carbocycles. The van der Waals surface area contributed by atoms with Crippen molar-refractivity contribution in [3.8, 4) is 0 Å². The van der Waals surface area contributed by atoms with E-state index in [0.717, 1.165) is 32.3 Å². The molecule has 0 radical (unpaired) electrons. The number of aryl methyl sites for hydroxylation is 2. The van der Waals surface area contributed by atoms with Gasteiger partial charge in [-0.1, -0.05) is 48.9 Å². The number of halogens is 1. The SMILES string of the molecule is CCc1cc2c(s1)N(C)C(=O)C(N(C(=O)O)c1cccc(C)c1)N=C2c1ccccc1Cl. The quantitative estimate of drug-likeness (QED) is 0.543. The Morgan fingerprint density at radius 1 is 1.19 bits per heavy atom. The van der Waals surface area contributed by atoms with Gasteiger partial charge in [0.1, 0.15) is 5.00 Å². The summed E-state index contributed by atoms with van der Waals surface area (Å²) in [7, 11) is 1.66. The summed E-state index contributed by atoms with van der Waals surface area (Å²) in [6.07, 6.45) is -1.75. The first-order valence-electron chi connectivity index (χ1n) is 10.1. The maximum Gasteiger partial charge on any atom is 0.414 e. The highest BCUT2D eigenvalue weighted by molar-refractivity contribution is 7.16. The number of hydrogen-bond acceptors (Lipinski definition) is 4. The lowest BCUT2D eigenvalue weighted by molar-refractivity contribution is -0.119. The molecule has 32 heavy (non-hydrogen) atoms. The van der Waals surface area contributed by atoms with Crippen molar-refractivity contribution in [1.29, 1.82) is 0 Å². The van der Waals surface area contributed by atoms with Crippen molar-refractivity contribution in [1.82, 2.24) is 0 Å². The average molecular weight is 468 g/mol. The van der Waals surface area contributed by atoms with Crippen molar-refractivity contribution in [3.63, 3.8) is 0 Å². The zero-order chi connectivity index (χ0) is 23.0. The van der Waals surface area contributed by atoms with E-state index in [-0.39, 0.29) is 0 Å². The summed E-state index contributed by atoms with van der Waals surface area (Å²) in [4.78, 5) is 34.3. The van der Waals surface area contributed by atoms with Crippen LogP contribution in [0.2, 0.25) is 5.02 Å². The van der Waals surface area contributed by atoms with E-state index >= 15 is 0 Å². The second-order valence-corrected chi connectivity index (χ2v) is 9.03. The first-order valence-corrected chi connectivity index (χ1v) is 11.3. The number of hydrogen-bond donors (Lipinski definition) is 1. The molecule has 0 bridgehead atoms. The number of nitrogens with zero attached hydrogens (tertiary/aromatic N) is 3. The van der Waals surface area contributed by atoms with Crippen LogP contribution in [0.25, 0.3) is 0 Å². The van der Waals surface area contributed by atoms with Gasteiger partial charge in [-0.3, -0.25) is 4.79 Å². The predicted molar refractivity (Wildman–Crippen MR) is 130 cm³/mol. The first-order chi connectivity index (χ1) is 15.3. The van der Waals surface area contributed by atoms with Gasteiger partial charge in [0.15, 0.2) is 0 Å². The maximum absolute atomic E-state index is 13.6. The van der Waals surface area contributed by atoms with E-state index in [1.165, 1.54) is 16.2 Å². The molecule has 1 aliphatic rings. The van der Waals surface area contributed by atoms with E-state index in [9.17, 15) is 14.7 Å². The van der Waals surface area contributed by atoms with Gasteiger partial charge >= 0.3 is 6.09 Å². The lowest BCUT2D eigenvalue weighted by Crippen LogP contribution is -2.48. The average Bonchev–Trinajstić information content (AvgIpc) is 3.16. The van der Waals surface area contributed by atoms with E-state index in [2.05, 4.69) is 0 Å². The number of rotatable bonds is 4. The number of carboxylic acid groups (broad SMARTS) is 1. The minimum absolute atomic E-state index is 0.381. The van der Waals surface area contributed by atoms with E-state index in [4.69, 9.17) is 16.6 Å². The topological polar surface area (TPSA) is 73.2 Å². The van der Waals surface area contributed by atoms with Crippen LogP contribution in [0.1, 0.15) is 28.5 Å². The van der Waals surface area contributed by atoms with Gasteiger partial charge in [-0.25, -0.2) is 14.7 Å². The van der Waals surface area contributed by atoms with Crippen LogP contribution >= 0.6 is 22.9 Å². The van der Waals surface area contributed by atoms with E-state index in [1.54, 1.807) is 31.3 Å². The molecule has 4 rings (SSSR count). The van der Waals surface area contributed by atoms with Crippen LogP contribution in [0.3, 0.4) is 0 Å². The van der Waals surface area contributed by atoms with E-state index < -0.39 is 18.2 Å². The van der Waals surface area contributed by atoms with Crippen molar-refractivity contribution >= 4 is 51.3 Å². The molecule has 1 aliphatic heterocycles. The van der Waals surface area contributed by atoms with Gasteiger partial charge in [-0.05, 0) is 43.2 Å². The lowest BCUT2D eigenvalue weighted by Gasteiger charge is -2.27. The third-order valence-corrected chi connectivity index (χ3v) is 7.02. The van der Waals surface area contributed by atoms with Gasteiger partial charge in [-0.15, -0.1) is 11.3 Å². The fourth-order valence-electron chi connectivity index (χ4n) is 3.71. The van der Waals surface area contributed by atoms with Crippen molar-refractivity contribution in [2.24, 2.45) is 4.99 Å². The zero-order valence-electron chi connectivity index (χ0n) is 17.9. The Morgan fingerprint density at radius 2 is 1.94 bits per heavy atom. The molecule has 0 spiro atoms. The summed E-state index contributed by atoms with van der Waals surface area (Å²) in [5, 5.41) is 11.3. The summed E-state index contributed by atoms with van der Waals surface area (Å²) in [6.45, 7) is 3.92. The number of anilines is 2. The third kappa shape index (κ3) is 3.89. The Labute approximate surface area is 195 Å². The Kier molecular flexibility index (Phi) is 6.04. The molecule has 2 amide bonds. The number of likely N-dealkylation sites (N-methyl/N-ethyl adjacent to an activating group) is 1. The number of amides is 2.